The Bertz CT molecular complexity index is 594. The Hall–Kier alpha value is -1.77. The minimum Gasteiger partial charge on any atom is -0.390 e. The lowest BCUT2D eigenvalue weighted by Gasteiger charge is -2.16. The maximum absolute atomic E-state index is 9.18. The summed E-state index contributed by atoms with van der Waals surface area (Å²) in [6.07, 6.45) is 0.999. The Balaban J connectivity index is 1.67. The highest BCUT2D eigenvalue weighted by Crippen LogP contribution is 2.16. The predicted octanol–water partition coefficient (Wildman–Crippen LogP) is 0.311. The smallest absolute Gasteiger partial charge is 0.240 e. The first-order valence-corrected chi connectivity index (χ1v) is 6.97. The number of aliphatic hydroxyl groups is 1. The van der Waals surface area contributed by atoms with E-state index >= 15 is 0 Å². The topological polar surface area (TPSA) is 89.4 Å². The molecule has 2 aromatic rings. The van der Waals surface area contributed by atoms with Gasteiger partial charge in [0.1, 0.15) is 6.61 Å². The molecule has 0 spiro atoms. The highest BCUT2D eigenvalue weighted by molar-refractivity contribution is 5.10. The first-order chi connectivity index (χ1) is 10.3. The Morgan fingerprint density at radius 3 is 3.14 bits per heavy atom. The van der Waals surface area contributed by atoms with Crippen LogP contribution in [0.5, 0.6) is 0 Å². The number of fused-ring (bicyclic) bond motifs is 1. The van der Waals surface area contributed by atoms with Crippen LogP contribution in [0.25, 0.3) is 0 Å². The van der Waals surface area contributed by atoms with Crippen LogP contribution in [0.4, 0.5) is 0 Å². The van der Waals surface area contributed by atoms with Crippen LogP contribution in [-0.4, -0.2) is 43.6 Å². The fourth-order valence-corrected chi connectivity index (χ4v) is 2.53. The molecule has 0 radical (unpaired) electrons. The summed E-state index contributed by atoms with van der Waals surface area (Å²) in [5.41, 5.74) is 1.82. The second kappa shape index (κ2) is 6.33. The van der Waals surface area contributed by atoms with E-state index in [0.717, 1.165) is 31.7 Å². The minimum atomic E-state index is -0.0238. The maximum Gasteiger partial charge on any atom is 0.240 e. The van der Waals surface area contributed by atoms with Crippen molar-refractivity contribution in [3.8, 4) is 0 Å². The Labute approximate surface area is 122 Å². The van der Waals surface area contributed by atoms with Gasteiger partial charge < -0.3 is 14.4 Å². The second-order valence-corrected chi connectivity index (χ2v) is 5.11. The predicted molar refractivity (Wildman–Crippen MR) is 71.9 cm³/mol. The summed E-state index contributed by atoms with van der Waals surface area (Å²) in [5.74, 6) is 1.16. The lowest BCUT2D eigenvalue weighted by atomic mass is 10.3. The van der Waals surface area contributed by atoms with E-state index in [1.165, 1.54) is 0 Å². The summed E-state index contributed by atoms with van der Waals surface area (Å²) in [5, 5.41) is 17.4. The van der Waals surface area contributed by atoms with Gasteiger partial charge in [0, 0.05) is 26.7 Å². The molecular formula is C13H19N5O3. The number of aryl methyl sites for hydroxylation is 1. The van der Waals surface area contributed by atoms with Gasteiger partial charge in [-0.25, -0.2) is 0 Å². The number of rotatable bonds is 5. The number of ether oxygens (including phenoxy) is 1. The Morgan fingerprint density at radius 2 is 2.33 bits per heavy atom. The summed E-state index contributed by atoms with van der Waals surface area (Å²) in [4.78, 5) is 6.54. The van der Waals surface area contributed by atoms with E-state index in [0.29, 0.717) is 30.6 Å². The molecule has 1 aliphatic rings. The van der Waals surface area contributed by atoms with Crippen molar-refractivity contribution >= 4 is 0 Å². The molecule has 0 amide bonds. The van der Waals surface area contributed by atoms with Crippen molar-refractivity contribution in [3.63, 3.8) is 0 Å². The molecule has 0 aliphatic carbocycles. The first-order valence-electron chi connectivity index (χ1n) is 6.97. The zero-order valence-corrected chi connectivity index (χ0v) is 12.0. The SMILES string of the molecule is COCc1noc(CN2CCCn3nc(CO)cc3C2)n1. The fourth-order valence-electron chi connectivity index (χ4n) is 2.53. The van der Waals surface area contributed by atoms with Gasteiger partial charge in [-0.1, -0.05) is 5.16 Å². The summed E-state index contributed by atoms with van der Waals surface area (Å²) in [6, 6.07) is 1.95. The second-order valence-electron chi connectivity index (χ2n) is 5.11. The third kappa shape index (κ3) is 3.29. The molecule has 114 valence electrons. The molecular weight excluding hydrogens is 274 g/mol. The molecule has 3 heterocycles. The number of hydrogen-bond acceptors (Lipinski definition) is 7. The summed E-state index contributed by atoms with van der Waals surface area (Å²) >= 11 is 0. The summed E-state index contributed by atoms with van der Waals surface area (Å²) < 4.78 is 12.2. The van der Waals surface area contributed by atoms with Crippen LogP contribution < -0.4 is 0 Å². The lowest BCUT2D eigenvalue weighted by molar-refractivity contribution is 0.174. The highest BCUT2D eigenvalue weighted by Gasteiger charge is 2.18. The van der Waals surface area contributed by atoms with Crippen LogP contribution in [0.15, 0.2) is 10.6 Å². The minimum absolute atomic E-state index is 0.0238. The molecule has 3 rings (SSSR count). The van der Waals surface area contributed by atoms with E-state index in [9.17, 15) is 5.11 Å². The van der Waals surface area contributed by atoms with Crippen LogP contribution in [0.3, 0.4) is 0 Å². The first kappa shape index (κ1) is 14.2. The lowest BCUT2D eigenvalue weighted by Crippen LogP contribution is -2.23. The van der Waals surface area contributed by atoms with Crippen molar-refractivity contribution in [2.75, 3.05) is 13.7 Å². The zero-order valence-electron chi connectivity index (χ0n) is 12.0. The van der Waals surface area contributed by atoms with Crippen molar-refractivity contribution in [2.45, 2.75) is 39.3 Å². The standard InChI is InChI=1S/C13H19N5O3/c1-20-9-12-14-13(21-16-12)7-17-3-2-4-18-11(6-17)5-10(8-19)15-18/h5,19H,2-4,6-9H2,1H3. The van der Waals surface area contributed by atoms with Crippen molar-refractivity contribution in [1.82, 2.24) is 24.8 Å². The van der Waals surface area contributed by atoms with Gasteiger partial charge in [-0.2, -0.15) is 10.1 Å². The zero-order chi connectivity index (χ0) is 14.7. The normalized spacial score (nSPS) is 15.9. The number of methoxy groups -OCH3 is 1. The van der Waals surface area contributed by atoms with Crippen molar-refractivity contribution in [1.29, 1.82) is 0 Å². The summed E-state index contributed by atoms with van der Waals surface area (Å²) in [7, 11) is 1.60. The van der Waals surface area contributed by atoms with Crippen LogP contribution in [0.1, 0.15) is 29.5 Å². The van der Waals surface area contributed by atoms with Gasteiger partial charge in [0.25, 0.3) is 0 Å². The largest absolute Gasteiger partial charge is 0.390 e. The Morgan fingerprint density at radius 1 is 1.43 bits per heavy atom. The number of hydrogen-bond donors (Lipinski definition) is 1. The van der Waals surface area contributed by atoms with Crippen LogP contribution >= 0.6 is 0 Å². The van der Waals surface area contributed by atoms with E-state index in [4.69, 9.17) is 9.26 Å². The van der Waals surface area contributed by atoms with Crippen molar-refractivity contribution in [2.24, 2.45) is 0 Å². The highest BCUT2D eigenvalue weighted by atomic mass is 16.5. The van der Waals surface area contributed by atoms with Crippen molar-refractivity contribution < 1.29 is 14.4 Å². The van der Waals surface area contributed by atoms with Gasteiger partial charge in [0.2, 0.25) is 5.89 Å². The molecule has 2 aromatic heterocycles. The quantitative estimate of drug-likeness (QED) is 0.848. The van der Waals surface area contributed by atoms with Gasteiger partial charge in [-0.15, -0.1) is 0 Å². The molecule has 8 heteroatoms. The molecule has 0 atom stereocenters. The third-order valence-corrected chi connectivity index (χ3v) is 3.45. The molecule has 0 bridgehead atoms. The van der Waals surface area contributed by atoms with Crippen LogP contribution in [0.2, 0.25) is 0 Å². The van der Waals surface area contributed by atoms with Gasteiger partial charge >= 0.3 is 0 Å². The molecule has 21 heavy (non-hydrogen) atoms. The van der Waals surface area contributed by atoms with Gasteiger partial charge in [-0.3, -0.25) is 9.58 Å². The molecule has 1 N–H and O–H groups in total. The molecule has 0 fully saturated rings. The average Bonchev–Trinajstić information content (AvgIpc) is 3.02. The molecule has 0 unspecified atom stereocenters. The summed E-state index contributed by atoms with van der Waals surface area (Å²) in [6.45, 7) is 3.51. The number of aliphatic hydroxyl groups excluding tert-OH is 1. The van der Waals surface area contributed by atoms with Gasteiger partial charge in [-0.05, 0) is 12.5 Å². The van der Waals surface area contributed by atoms with Crippen LogP contribution in [0, 0.1) is 0 Å². The van der Waals surface area contributed by atoms with Crippen molar-refractivity contribution in [3.05, 3.63) is 29.2 Å². The van der Waals surface area contributed by atoms with Gasteiger partial charge in [0.05, 0.1) is 24.5 Å². The van der Waals surface area contributed by atoms with Gasteiger partial charge in [0.15, 0.2) is 5.82 Å². The van der Waals surface area contributed by atoms with E-state index in [1.54, 1.807) is 7.11 Å². The molecule has 0 saturated heterocycles. The van der Waals surface area contributed by atoms with E-state index in [-0.39, 0.29) is 6.61 Å². The molecule has 1 aliphatic heterocycles. The Kier molecular flexibility index (Phi) is 4.28. The maximum atomic E-state index is 9.18. The third-order valence-electron chi connectivity index (χ3n) is 3.45. The van der Waals surface area contributed by atoms with E-state index < -0.39 is 0 Å². The molecule has 8 nitrogen and oxygen atoms in total. The van der Waals surface area contributed by atoms with E-state index in [2.05, 4.69) is 20.1 Å². The monoisotopic (exact) mass is 293 g/mol. The fraction of sp³-hybridized carbons (Fsp3) is 0.615. The van der Waals surface area contributed by atoms with Crippen LogP contribution in [-0.2, 0) is 37.6 Å². The molecule has 0 saturated carbocycles. The van der Waals surface area contributed by atoms with E-state index in [1.807, 2.05) is 10.7 Å². The number of nitrogens with zero attached hydrogens (tertiary/aromatic N) is 5. The average molecular weight is 293 g/mol. The number of aromatic nitrogens is 4. The molecule has 0 aromatic carbocycles.